The highest BCUT2D eigenvalue weighted by Crippen LogP contribution is 2.35. The van der Waals surface area contributed by atoms with Crippen molar-refractivity contribution in [2.45, 2.75) is 13.8 Å². The standard InChI is InChI=1S/C18H16N2O3S2/c1-10-7-8-24-14(10)9-15-16(21)20(3)18(25-15)19-13-6-4-5-12(11(13)2)17(22)23/h4-9H,1-3H3,(H,22,23)/b15-9-,19-18?. The number of rotatable bonds is 3. The van der Waals surface area contributed by atoms with Crippen LogP contribution < -0.4 is 0 Å². The number of benzene rings is 1. The lowest BCUT2D eigenvalue weighted by molar-refractivity contribution is -0.121. The summed E-state index contributed by atoms with van der Waals surface area (Å²) >= 11 is 2.89. The zero-order valence-electron chi connectivity index (χ0n) is 13.9. The Balaban J connectivity index is 1.97. The van der Waals surface area contributed by atoms with Crippen LogP contribution >= 0.6 is 23.1 Å². The SMILES string of the molecule is Cc1ccsc1/C=C1\SC(=Nc2cccc(C(=O)O)c2C)N(C)C1=O. The Morgan fingerprint density at radius 1 is 1.28 bits per heavy atom. The van der Waals surface area contributed by atoms with E-state index in [0.29, 0.717) is 21.3 Å². The Kier molecular flexibility index (Phi) is 4.78. The number of nitrogens with zero attached hydrogens (tertiary/aromatic N) is 2. The summed E-state index contributed by atoms with van der Waals surface area (Å²) < 4.78 is 0. The first kappa shape index (κ1) is 17.4. The van der Waals surface area contributed by atoms with Gasteiger partial charge in [0, 0.05) is 11.9 Å². The molecule has 0 spiro atoms. The third kappa shape index (κ3) is 3.38. The zero-order chi connectivity index (χ0) is 18.1. The van der Waals surface area contributed by atoms with Gasteiger partial charge in [0.25, 0.3) is 5.91 Å². The van der Waals surface area contributed by atoms with E-state index in [1.165, 1.54) is 16.7 Å². The van der Waals surface area contributed by atoms with Gasteiger partial charge in [-0.1, -0.05) is 6.07 Å². The normalized spacial score (nSPS) is 17.7. The first-order valence-electron chi connectivity index (χ1n) is 7.51. The number of amidine groups is 1. The topological polar surface area (TPSA) is 70.0 Å². The van der Waals surface area contributed by atoms with Gasteiger partial charge in [-0.3, -0.25) is 9.69 Å². The number of carboxylic acid groups (broad SMARTS) is 1. The lowest BCUT2D eigenvalue weighted by Gasteiger charge is -2.09. The van der Waals surface area contributed by atoms with Gasteiger partial charge in [-0.25, -0.2) is 9.79 Å². The lowest BCUT2D eigenvalue weighted by atomic mass is 10.1. The van der Waals surface area contributed by atoms with Gasteiger partial charge in [0.1, 0.15) is 0 Å². The van der Waals surface area contributed by atoms with Crippen molar-refractivity contribution in [2.24, 2.45) is 4.99 Å². The zero-order valence-corrected chi connectivity index (χ0v) is 15.6. The third-order valence-electron chi connectivity index (χ3n) is 3.92. The summed E-state index contributed by atoms with van der Waals surface area (Å²) in [6.45, 7) is 3.72. The second-order valence-electron chi connectivity index (χ2n) is 5.59. The summed E-state index contributed by atoms with van der Waals surface area (Å²) in [5.41, 5.74) is 2.47. The molecule has 2 aromatic rings. The number of aryl methyl sites for hydroxylation is 1. The average Bonchev–Trinajstić information content (AvgIpc) is 3.08. The predicted octanol–water partition coefficient (Wildman–Crippen LogP) is 4.30. The fraction of sp³-hybridized carbons (Fsp3) is 0.167. The number of carbonyl (C=O) groups is 2. The van der Waals surface area contributed by atoms with Gasteiger partial charge in [-0.05, 0) is 66.4 Å². The molecule has 1 aliphatic rings. The van der Waals surface area contributed by atoms with E-state index in [1.807, 2.05) is 24.4 Å². The van der Waals surface area contributed by atoms with E-state index >= 15 is 0 Å². The van der Waals surface area contributed by atoms with Crippen molar-refractivity contribution in [3.05, 3.63) is 56.1 Å². The van der Waals surface area contributed by atoms with Crippen LogP contribution in [0.25, 0.3) is 6.08 Å². The van der Waals surface area contributed by atoms with E-state index in [0.717, 1.165) is 10.4 Å². The van der Waals surface area contributed by atoms with Crippen LogP contribution in [0.5, 0.6) is 0 Å². The van der Waals surface area contributed by atoms with E-state index in [-0.39, 0.29) is 11.5 Å². The van der Waals surface area contributed by atoms with E-state index < -0.39 is 5.97 Å². The van der Waals surface area contributed by atoms with Crippen molar-refractivity contribution >= 4 is 51.9 Å². The maximum Gasteiger partial charge on any atom is 0.336 e. The number of amides is 1. The average molecular weight is 372 g/mol. The lowest BCUT2D eigenvalue weighted by Crippen LogP contribution is -2.23. The number of thiophene rings is 1. The number of carboxylic acids is 1. The van der Waals surface area contributed by atoms with E-state index in [4.69, 9.17) is 0 Å². The van der Waals surface area contributed by atoms with Gasteiger partial charge in [0.2, 0.25) is 0 Å². The minimum Gasteiger partial charge on any atom is -0.478 e. The molecule has 0 aliphatic carbocycles. The summed E-state index contributed by atoms with van der Waals surface area (Å²) in [5, 5.41) is 11.8. The molecule has 2 heterocycles. The summed E-state index contributed by atoms with van der Waals surface area (Å²) in [7, 11) is 1.67. The van der Waals surface area contributed by atoms with Gasteiger partial charge in [0.05, 0.1) is 16.2 Å². The first-order chi connectivity index (χ1) is 11.9. The van der Waals surface area contributed by atoms with Gasteiger partial charge >= 0.3 is 5.97 Å². The number of aliphatic imine (C=N–C) groups is 1. The molecule has 25 heavy (non-hydrogen) atoms. The molecule has 0 radical (unpaired) electrons. The number of likely N-dealkylation sites (N-methyl/N-ethyl adjacent to an activating group) is 1. The molecule has 5 nitrogen and oxygen atoms in total. The fourth-order valence-electron chi connectivity index (χ4n) is 2.38. The number of aromatic carboxylic acids is 1. The largest absolute Gasteiger partial charge is 0.478 e. The Labute approximate surface area is 153 Å². The molecular formula is C18H16N2O3S2. The van der Waals surface area contributed by atoms with Crippen LogP contribution in [-0.2, 0) is 4.79 Å². The molecule has 3 rings (SSSR count). The molecule has 0 bridgehead atoms. The Bertz CT molecular complexity index is 928. The molecule has 128 valence electrons. The van der Waals surface area contributed by atoms with Crippen molar-refractivity contribution in [1.82, 2.24) is 4.90 Å². The molecule has 1 aromatic carbocycles. The quantitative estimate of drug-likeness (QED) is 0.816. The monoisotopic (exact) mass is 372 g/mol. The van der Waals surface area contributed by atoms with Gasteiger partial charge < -0.3 is 5.11 Å². The highest BCUT2D eigenvalue weighted by molar-refractivity contribution is 8.18. The van der Waals surface area contributed by atoms with E-state index in [2.05, 4.69) is 4.99 Å². The van der Waals surface area contributed by atoms with E-state index in [9.17, 15) is 14.7 Å². The molecule has 0 atom stereocenters. The third-order valence-corrected chi connectivity index (χ3v) is 5.95. The molecule has 7 heteroatoms. The molecule has 1 fully saturated rings. The molecule has 0 saturated carbocycles. The second kappa shape index (κ2) is 6.85. The number of carbonyl (C=O) groups excluding carboxylic acids is 1. The fourth-order valence-corrected chi connectivity index (χ4v) is 4.28. The molecule has 1 aliphatic heterocycles. The predicted molar refractivity (Wildman–Crippen MR) is 103 cm³/mol. The van der Waals surface area contributed by atoms with Crippen LogP contribution in [0.15, 0.2) is 39.5 Å². The van der Waals surface area contributed by atoms with Gasteiger partial charge in [-0.15, -0.1) is 11.3 Å². The van der Waals surface area contributed by atoms with Crippen LogP contribution in [0.1, 0.15) is 26.4 Å². The van der Waals surface area contributed by atoms with Gasteiger partial charge in [0.15, 0.2) is 5.17 Å². The number of hydrogen-bond donors (Lipinski definition) is 1. The molecule has 1 aromatic heterocycles. The maximum absolute atomic E-state index is 12.5. The Hall–Kier alpha value is -2.38. The molecule has 1 saturated heterocycles. The van der Waals surface area contributed by atoms with Crippen LogP contribution in [0, 0.1) is 13.8 Å². The molecular weight excluding hydrogens is 356 g/mol. The highest BCUT2D eigenvalue weighted by Gasteiger charge is 2.30. The summed E-state index contributed by atoms with van der Waals surface area (Å²) in [6.07, 6.45) is 1.88. The van der Waals surface area contributed by atoms with Gasteiger partial charge in [-0.2, -0.15) is 0 Å². The smallest absolute Gasteiger partial charge is 0.336 e. The first-order valence-corrected chi connectivity index (χ1v) is 9.21. The number of thioether (sulfide) groups is 1. The minimum absolute atomic E-state index is 0.108. The van der Waals surface area contributed by atoms with E-state index in [1.54, 1.807) is 43.5 Å². The minimum atomic E-state index is -0.989. The van der Waals surface area contributed by atoms with Crippen LogP contribution in [-0.4, -0.2) is 34.1 Å². The van der Waals surface area contributed by atoms with Crippen molar-refractivity contribution in [1.29, 1.82) is 0 Å². The molecule has 1 amide bonds. The highest BCUT2D eigenvalue weighted by atomic mass is 32.2. The van der Waals surface area contributed by atoms with Crippen molar-refractivity contribution in [3.8, 4) is 0 Å². The van der Waals surface area contributed by atoms with Crippen LogP contribution in [0.2, 0.25) is 0 Å². The van der Waals surface area contributed by atoms with Crippen molar-refractivity contribution < 1.29 is 14.7 Å². The second-order valence-corrected chi connectivity index (χ2v) is 7.55. The van der Waals surface area contributed by atoms with Crippen molar-refractivity contribution in [2.75, 3.05) is 7.05 Å². The van der Waals surface area contributed by atoms with Crippen molar-refractivity contribution in [3.63, 3.8) is 0 Å². The summed E-state index contributed by atoms with van der Waals surface area (Å²) in [5.74, 6) is -1.10. The molecule has 1 N–H and O–H groups in total. The molecule has 0 unspecified atom stereocenters. The summed E-state index contributed by atoms with van der Waals surface area (Å²) in [4.78, 5) is 31.4. The Morgan fingerprint density at radius 2 is 2.04 bits per heavy atom. The number of hydrogen-bond acceptors (Lipinski definition) is 5. The summed E-state index contributed by atoms with van der Waals surface area (Å²) in [6, 6.07) is 6.96. The Morgan fingerprint density at radius 3 is 2.68 bits per heavy atom. The van der Waals surface area contributed by atoms with Crippen LogP contribution in [0.4, 0.5) is 5.69 Å². The maximum atomic E-state index is 12.5. The van der Waals surface area contributed by atoms with Crippen LogP contribution in [0.3, 0.4) is 0 Å².